The largest absolute Gasteiger partial charge is 0.317 e. The normalized spacial score (nSPS) is 24.2. The zero-order valence-electron chi connectivity index (χ0n) is 6.83. The molecule has 0 bridgehead atoms. The summed E-state index contributed by atoms with van der Waals surface area (Å²) in [7, 11) is 0. The highest BCUT2D eigenvalue weighted by Crippen LogP contribution is 2.20. The van der Waals surface area contributed by atoms with Gasteiger partial charge < -0.3 is 9.88 Å². The maximum Gasteiger partial charge on any atom is 0.202 e. The minimum atomic E-state index is 0.494. The maximum atomic E-state index is 5.90. The fraction of sp³-hybridized carbons (Fsp3) is 0.625. The van der Waals surface area contributed by atoms with E-state index < -0.39 is 0 Å². The molecule has 2 heterocycles. The molecule has 0 aromatic carbocycles. The van der Waals surface area contributed by atoms with Gasteiger partial charge in [0, 0.05) is 25.0 Å². The molecule has 1 N–H and O–H groups in total. The van der Waals surface area contributed by atoms with Gasteiger partial charge in [0.2, 0.25) is 5.28 Å². The minimum Gasteiger partial charge on any atom is -0.317 e. The smallest absolute Gasteiger partial charge is 0.202 e. The second-order valence-electron chi connectivity index (χ2n) is 3.10. The van der Waals surface area contributed by atoms with Gasteiger partial charge in [0.05, 0.1) is 0 Å². The van der Waals surface area contributed by atoms with Crippen molar-refractivity contribution in [2.45, 2.75) is 18.9 Å². The van der Waals surface area contributed by atoms with Gasteiger partial charge in [-0.2, -0.15) is 0 Å². The molecule has 0 amide bonds. The number of piperidine rings is 1. The van der Waals surface area contributed by atoms with E-state index in [0.29, 0.717) is 11.3 Å². The summed E-state index contributed by atoms with van der Waals surface area (Å²) in [6, 6.07) is 0.494. The Hall–Kier alpha value is -0.540. The third kappa shape index (κ3) is 1.47. The second-order valence-corrected chi connectivity index (χ2v) is 3.44. The van der Waals surface area contributed by atoms with Crippen molar-refractivity contribution in [1.29, 1.82) is 0 Å². The van der Waals surface area contributed by atoms with Crippen LogP contribution in [0.3, 0.4) is 0 Å². The van der Waals surface area contributed by atoms with E-state index in [-0.39, 0.29) is 0 Å². The zero-order chi connectivity index (χ0) is 8.39. The molecule has 1 aromatic rings. The van der Waals surface area contributed by atoms with Crippen molar-refractivity contribution in [3.05, 3.63) is 17.7 Å². The van der Waals surface area contributed by atoms with Crippen molar-refractivity contribution in [1.82, 2.24) is 14.9 Å². The molecule has 0 aliphatic carbocycles. The lowest BCUT2D eigenvalue weighted by atomic mass is 10.1. The summed E-state index contributed by atoms with van der Waals surface area (Å²) in [5.41, 5.74) is 0. The Morgan fingerprint density at radius 1 is 1.67 bits per heavy atom. The van der Waals surface area contributed by atoms with Crippen LogP contribution in [0.5, 0.6) is 0 Å². The number of nitrogens with zero attached hydrogens (tertiary/aromatic N) is 2. The zero-order valence-corrected chi connectivity index (χ0v) is 7.59. The molecule has 3 nitrogen and oxygen atoms in total. The summed E-state index contributed by atoms with van der Waals surface area (Å²) in [5.74, 6) is 0. The fourth-order valence-corrected chi connectivity index (χ4v) is 1.89. The summed E-state index contributed by atoms with van der Waals surface area (Å²) in [6.45, 7) is 2.14. The molecule has 1 aliphatic rings. The quantitative estimate of drug-likeness (QED) is 0.718. The van der Waals surface area contributed by atoms with E-state index in [9.17, 15) is 0 Å². The van der Waals surface area contributed by atoms with Crippen LogP contribution in [0.4, 0.5) is 0 Å². The Balaban J connectivity index is 2.13. The van der Waals surface area contributed by atoms with Crippen LogP contribution < -0.4 is 5.32 Å². The Labute approximate surface area is 76.7 Å². The third-order valence-corrected chi connectivity index (χ3v) is 2.58. The predicted octanol–water partition coefficient (Wildman–Crippen LogP) is 1.46. The van der Waals surface area contributed by atoms with Gasteiger partial charge in [-0.05, 0) is 31.0 Å². The molecule has 2 rings (SSSR count). The second kappa shape index (κ2) is 3.46. The first-order valence-electron chi connectivity index (χ1n) is 4.27. The van der Waals surface area contributed by atoms with Crippen LogP contribution in [0.25, 0.3) is 0 Å². The summed E-state index contributed by atoms with van der Waals surface area (Å²) in [6.07, 6.45) is 6.11. The SMILES string of the molecule is Clc1nccn1[C@H]1CCCNC1. The van der Waals surface area contributed by atoms with Gasteiger partial charge in [-0.15, -0.1) is 0 Å². The summed E-state index contributed by atoms with van der Waals surface area (Å²) in [4.78, 5) is 3.99. The van der Waals surface area contributed by atoms with Gasteiger partial charge in [0.15, 0.2) is 0 Å². The number of aromatic nitrogens is 2. The number of nitrogens with one attached hydrogen (secondary N) is 1. The van der Waals surface area contributed by atoms with Crippen molar-refractivity contribution in [3.63, 3.8) is 0 Å². The summed E-state index contributed by atoms with van der Waals surface area (Å²) < 4.78 is 2.04. The Bertz CT molecular complexity index is 253. The van der Waals surface area contributed by atoms with E-state index in [0.717, 1.165) is 13.1 Å². The van der Waals surface area contributed by atoms with Gasteiger partial charge in [-0.1, -0.05) is 0 Å². The topological polar surface area (TPSA) is 29.9 Å². The van der Waals surface area contributed by atoms with Gasteiger partial charge in [0.25, 0.3) is 0 Å². The molecule has 0 saturated carbocycles. The lowest BCUT2D eigenvalue weighted by Gasteiger charge is -2.24. The van der Waals surface area contributed by atoms with Crippen LogP contribution in [0, 0.1) is 0 Å². The lowest BCUT2D eigenvalue weighted by Crippen LogP contribution is -2.31. The molecule has 1 atom stereocenters. The Morgan fingerprint density at radius 3 is 3.17 bits per heavy atom. The van der Waals surface area contributed by atoms with Gasteiger partial charge in [0.1, 0.15) is 0 Å². The first kappa shape index (κ1) is 8.08. The van der Waals surface area contributed by atoms with Crippen molar-refractivity contribution >= 4 is 11.6 Å². The highest BCUT2D eigenvalue weighted by molar-refractivity contribution is 6.28. The van der Waals surface area contributed by atoms with Gasteiger partial charge in [-0.3, -0.25) is 0 Å². The van der Waals surface area contributed by atoms with E-state index in [2.05, 4.69) is 10.3 Å². The molecule has 1 aromatic heterocycles. The minimum absolute atomic E-state index is 0.494. The highest BCUT2D eigenvalue weighted by atomic mass is 35.5. The molecule has 1 aliphatic heterocycles. The predicted molar refractivity (Wildman–Crippen MR) is 48.4 cm³/mol. The van der Waals surface area contributed by atoms with Crippen LogP contribution in [-0.2, 0) is 0 Å². The van der Waals surface area contributed by atoms with E-state index in [1.54, 1.807) is 6.20 Å². The standard InChI is InChI=1S/C8H12ClN3/c9-8-11-4-5-12(8)7-2-1-3-10-6-7/h4-5,7,10H,1-3,6H2/t7-/m0/s1. The molecule has 0 radical (unpaired) electrons. The van der Waals surface area contributed by atoms with Crippen LogP contribution in [0.1, 0.15) is 18.9 Å². The monoisotopic (exact) mass is 185 g/mol. The first-order chi connectivity index (χ1) is 5.88. The fourth-order valence-electron chi connectivity index (χ4n) is 1.64. The number of imidazole rings is 1. The number of rotatable bonds is 1. The van der Waals surface area contributed by atoms with Crippen LogP contribution >= 0.6 is 11.6 Å². The summed E-state index contributed by atoms with van der Waals surface area (Å²) in [5, 5.41) is 3.94. The lowest BCUT2D eigenvalue weighted by molar-refractivity contribution is 0.371. The number of hydrogen-bond donors (Lipinski definition) is 1. The van der Waals surface area contributed by atoms with Gasteiger partial charge >= 0.3 is 0 Å². The number of halogens is 1. The molecule has 0 unspecified atom stereocenters. The first-order valence-corrected chi connectivity index (χ1v) is 4.65. The maximum absolute atomic E-state index is 5.90. The highest BCUT2D eigenvalue weighted by Gasteiger charge is 2.15. The van der Waals surface area contributed by atoms with E-state index in [1.807, 2.05) is 10.8 Å². The molecule has 1 fully saturated rings. The molecular formula is C8H12ClN3. The average Bonchev–Trinajstić information content (AvgIpc) is 2.53. The molecule has 4 heteroatoms. The van der Waals surface area contributed by atoms with E-state index >= 15 is 0 Å². The summed E-state index contributed by atoms with van der Waals surface area (Å²) >= 11 is 5.90. The van der Waals surface area contributed by atoms with Crippen molar-refractivity contribution < 1.29 is 0 Å². The van der Waals surface area contributed by atoms with Crippen LogP contribution in [-0.4, -0.2) is 22.6 Å². The van der Waals surface area contributed by atoms with Gasteiger partial charge in [-0.25, -0.2) is 4.98 Å². The molecule has 12 heavy (non-hydrogen) atoms. The molecule has 1 saturated heterocycles. The van der Waals surface area contributed by atoms with Crippen molar-refractivity contribution in [3.8, 4) is 0 Å². The molecule has 0 spiro atoms. The Morgan fingerprint density at radius 2 is 2.58 bits per heavy atom. The van der Waals surface area contributed by atoms with Crippen LogP contribution in [0.2, 0.25) is 5.28 Å². The average molecular weight is 186 g/mol. The molecule has 66 valence electrons. The van der Waals surface area contributed by atoms with E-state index in [1.165, 1.54) is 12.8 Å². The van der Waals surface area contributed by atoms with Crippen molar-refractivity contribution in [2.24, 2.45) is 0 Å². The molecular weight excluding hydrogens is 174 g/mol. The van der Waals surface area contributed by atoms with Crippen LogP contribution in [0.15, 0.2) is 12.4 Å². The van der Waals surface area contributed by atoms with Crippen molar-refractivity contribution in [2.75, 3.05) is 13.1 Å². The third-order valence-electron chi connectivity index (χ3n) is 2.29. The van der Waals surface area contributed by atoms with E-state index in [4.69, 9.17) is 11.6 Å². The Kier molecular flexibility index (Phi) is 2.33. The number of hydrogen-bond acceptors (Lipinski definition) is 2.